The number of nitriles is 1. The molecule has 0 bridgehead atoms. The molecule has 86 valence electrons. The molecule has 3 nitrogen and oxygen atoms in total. The minimum atomic E-state index is 0.224. The van der Waals surface area contributed by atoms with Gasteiger partial charge in [-0.3, -0.25) is 0 Å². The zero-order valence-electron chi connectivity index (χ0n) is 9.42. The van der Waals surface area contributed by atoms with Crippen LogP contribution in [0.1, 0.15) is 5.56 Å². The number of furan rings is 1. The largest absolute Gasteiger partial charge is 0.508 e. The van der Waals surface area contributed by atoms with Crippen LogP contribution in [-0.2, 0) is 0 Å². The lowest BCUT2D eigenvalue weighted by Crippen LogP contribution is -1.71. The first-order valence-electron chi connectivity index (χ1n) is 5.49. The number of phenolic OH excluding ortho intramolecular Hbond substituents is 1. The van der Waals surface area contributed by atoms with Crippen molar-refractivity contribution in [2.24, 2.45) is 0 Å². The van der Waals surface area contributed by atoms with Crippen molar-refractivity contribution < 1.29 is 9.52 Å². The van der Waals surface area contributed by atoms with Gasteiger partial charge in [0.2, 0.25) is 0 Å². The van der Waals surface area contributed by atoms with Crippen LogP contribution in [0.15, 0.2) is 52.9 Å². The molecule has 2 aromatic carbocycles. The smallest absolute Gasteiger partial charge is 0.136 e. The van der Waals surface area contributed by atoms with Crippen LogP contribution in [0.3, 0.4) is 0 Å². The highest BCUT2D eigenvalue weighted by Gasteiger charge is 2.06. The van der Waals surface area contributed by atoms with E-state index in [9.17, 15) is 5.11 Å². The molecule has 0 aliphatic heterocycles. The molecule has 18 heavy (non-hydrogen) atoms. The predicted octanol–water partition coefficient (Wildman–Crippen LogP) is 3.68. The molecule has 0 aliphatic carbocycles. The summed E-state index contributed by atoms with van der Waals surface area (Å²) in [7, 11) is 0. The molecule has 0 radical (unpaired) electrons. The summed E-state index contributed by atoms with van der Waals surface area (Å²) in [6, 6.07) is 16.2. The summed E-state index contributed by atoms with van der Waals surface area (Å²) < 4.78 is 5.70. The lowest BCUT2D eigenvalue weighted by molar-refractivity contribution is 0.475. The number of rotatable bonds is 1. The summed E-state index contributed by atoms with van der Waals surface area (Å²) in [5.74, 6) is 0.946. The molecule has 1 heterocycles. The van der Waals surface area contributed by atoms with E-state index in [2.05, 4.69) is 6.07 Å². The molecule has 0 aliphatic rings. The Hall–Kier alpha value is -2.73. The van der Waals surface area contributed by atoms with Crippen molar-refractivity contribution in [3.63, 3.8) is 0 Å². The van der Waals surface area contributed by atoms with Gasteiger partial charge in [-0.05, 0) is 48.5 Å². The average Bonchev–Trinajstić information content (AvgIpc) is 2.82. The first-order valence-corrected chi connectivity index (χ1v) is 5.49. The molecule has 3 aromatic rings. The first kappa shape index (κ1) is 10.4. The monoisotopic (exact) mass is 235 g/mol. The van der Waals surface area contributed by atoms with Crippen LogP contribution in [0.5, 0.6) is 5.75 Å². The normalized spacial score (nSPS) is 10.4. The highest BCUT2D eigenvalue weighted by Crippen LogP contribution is 2.29. The Balaban J connectivity index is 2.13. The van der Waals surface area contributed by atoms with Crippen LogP contribution >= 0.6 is 0 Å². The Kier molecular flexibility index (Phi) is 2.28. The van der Waals surface area contributed by atoms with Gasteiger partial charge >= 0.3 is 0 Å². The Morgan fingerprint density at radius 2 is 1.78 bits per heavy atom. The first-order chi connectivity index (χ1) is 8.76. The quantitative estimate of drug-likeness (QED) is 0.700. The van der Waals surface area contributed by atoms with Gasteiger partial charge in [-0.2, -0.15) is 5.26 Å². The Labute approximate surface area is 104 Å². The standard InChI is InChI=1S/C15H9NO2/c16-9-10-1-2-12-8-15(18-14(12)7-10)11-3-5-13(17)6-4-11/h1-8,17H. The molecule has 0 unspecified atom stereocenters. The van der Waals surface area contributed by atoms with Gasteiger partial charge in [0.05, 0.1) is 11.6 Å². The van der Waals surface area contributed by atoms with Crippen molar-refractivity contribution in [2.75, 3.05) is 0 Å². The minimum absolute atomic E-state index is 0.224. The summed E-state index contributed by atoms with van der Waals surface area (Å²) in [6.45, 7) is 0. The highest BCUT2D eigenvalue weighted by atomic mass is 16.3. The number of hydrogen-bond acceptors (Lipinski definition) is 3. The van der Waals surface area contributed by atoms with Gasteiger partial charge in [0.25, 0.3) is 0 Å². The van der Waals surface area contributed by atoms with E-state index < -0.39 is 0 Å². The molecule has 1 N–H and O–H groups in total. The van der Waals surface area contributed by atoms with Gasteiger partial charge in [0.1, 0.15) is 17.1 Å². The molecular formula is C15H9NO2. The summed E-state index contributed by atoms with van der Waals surface area (Å²) in [5.41, 5.74) is 2.16. The van der Waals surface area contributed by atoms with Crippen LogP contribution in [0.25, 0.3) is 22.3 Å². The van der Waals surface area contributed by atoms with Crippen molar-refractivity contribution in [3.05, 3.63) is 54.1 Å². The third-order valence-corrected chi connectivity index (χ3v) is 2.80. The highest BCUT2D eigenvalue weighted by molar-refractivity contribution is 5.83. The summed E-state index contributed by atoms with van der Waals surface area (Å²) in [4.78, 5) is 0. The van der Waals surface area contributed by atoms with Gasteiger partial charge in [-0.15, -0.1) is 0 Å². The average molecular weight is 235 g/mol. The number of phenols is 1. The second kappa shape index (κ2) is 3.94. The number of nitrogens with zero attached hydrogens (tertiary/aromatic N) is 1. The van der Waals surface area contributed by atoms with Crippen molar-refractivity contribution in [3.8, 4) is 23.1 Å². The van der Waals surface area contributed by atoms with Crippen LogP contribution < -0.4 is 0 Å². The zero-order valence-corrected chi connectivity index (χ0v) is 9.42. The van der Waals surface area contributed by atoms with Gasteiger partial charge < -0.3 is 9.52 Å². The molecule has 1 aromatic heterocycles. The molecule has 0 fully saturated rings. The van der Waals surface area contributed by atoms with E-state index in [1.54, 1.807) is 36.4 Å². The number of fused-ring (bicyclic) bond motifs is 1. The Morgan fingerprint density at radius 1 is 1.00 bits per heavy atom. The van der Waals surface area contributed by atoms with Crippen molar-refractivity contribution >= 4 is 11.0 Å². The lowest BCUT2D eigenvalue weighted by atomic mass is 10.1. The molecule has 3 rings (SSSR count). The molecule has 0 saturated carbocycles. The lowest BCUT2D eigenvalue weighted by Gasteiger charge is -1.96. The molecule has 0 atom stereocenters. The van der Waals surface area contributed by atoms with E-state index in [0.29, 0.717) is 11.1 Å². The fraction of sp³-hybridized carbons (Fsp3) is 0. The van der Waals surface area contributed by atoms with E-state index in [-0.39, 0.29) is 5.75 Å². The van der Waals surface area contributed by atoms with E-state index in [4.69, 9.17) is 9.68 Å². The van der Waals surface area contributed by atoms with E-state index in [0.717, 1.165) is 16.7 Å². The summed E-state index contributed by atoms with van der Waals surface area (Å²) in [6.07, 6.45) is 0. The second-order valence-corrected chi connectivity index (χ2v) is 4.02. The molecule has 0 amide bonds. The SMILES string of the molecule is N#Cc1ccc2cc(-c3ccc(O)cc3)oc2c1. The number of hydrogen-bond donors (Lipinski definition) is 1. The van der Waals surface area contributed by atoms with Crippen LogP contribution in [0.2, 0.25) is 0 Å². The maximum atomic E-state index is 9.25. The van der Waals surface area contributed by atoms with E-state index in [1.165, 1.54) is 0 Å². The van der Waals surface area contributed by atoms with Gasteiger partial charge in [-0.25, -0.2) is 0 Å². The van der Waals surface area contributed by atoms with Gasteiger partial charge in [0.15, 0.2) is 0 Å². The van der Waals surface area contributed by atoms with E-state index in [1.807, 2.05) is 12.1 Å². The van der Waals surface area contributed by atoms with Crippen LogP contribution in [0.4, 0.5) is 0 Å². The van der Waals surface area contributed by atoms with Gasteiger partial charge in [0, 0.05) is 10.9 Å². The van der Waals surface area contributed by atoms with Crippen LogP contribution in [-0.4, -0.2) is 5.11 Å². The third-order valence-electron chi connectivity index (χ3n) is 2.80. The Morgan fingerprint density at radius 3 is 2.50 bits per heavy atom. The minimum Gasteiger partial charge on any atom is -0.508 e. The topological polar surface area (TPSA) is 57.2 Å². The summed E-state index contributed by atoms with van der Waals surface area (Å²) >= 11 is 0. The van der Waals surface area contributed by atoms with Crippen molar-refractivity contribution in [1.29, 1.82) is 5.26 Å². The number of aromatic hydroxyl groups is 1. The molecule has 0 spiro atoms. The van der Waals surface area contributed by atoms with Crippen LogP contribution in [0, 0.1) is 11.3 Å². The fourth-order valence-electron chi connectivity index (χ4n) is 1.87. The zero-order chi connectivity index (χ0) is 12.5. The fourth-order valence-corrected chi connectivity index (χ4v) is 1.87. The third kappa shape index (κ3) is 1.70. The van der Waals surface area contributed by atoms with Crippen molar-refractivity contribution in [1.82, 2.24) is 0 Å². The maximum absolute atomic E-state index is 9.25. The molecule has 0 saturated heterocycles. The summed E-state index contributed by atoms with van der Waals surface area (Å²) in [5, 5.41) is 19.0. The predicted molar refractivity (Wildman–Crippen MR) is 68.0 cm³/mol. The Bertz CT molecular complexity index is 748. The molecular weight excluding hydrogens is 226 g/mol. The molecule has 3 heteroatoms. The maximum Gasteiger partial charge on any atom is 0.136 e. The second-order valence-electron chi connectivity index (χ2n) is 4.02. The number of benzene rings is 2. The van der Waals surface area contributed by atoms with Crippen molar-refractivity contribution in [2.45, 2.75) is 0 Å². The van der Waals surface area contributed by atoms with E-state index >= 15 is 0 Å². The van der Waals surface area contributed by atoms with Gasteiger partial charge in [-0.1, -0.05) is 0 Å².